The maximum Gasteiger partial charge on any atom is 0.325 e. The number of ether oxygens (including phenoxy) is 1. The molecule has 0 bridgehead atoms. The van der Waals surface area contributed by atoms with E-state index < -0.39 is 10.8 Å². The summed E-state index contributed by atoms with van der Waals surface area (Å²) in [6.07, 6.45) is 1.92. The number of thioether (sulfide) groups is 1. The van der Waals surface area contributed by atoms with Gasteiger partial charge in [0, 0.05) is 43.6 Å². The number of nitrogens with zero attached hydrogens (tertiary/aromatic N) is 1. The van der Waals surface area contributed by atoms with Crippen molar-refractivity contribution >= 4 is 62.1 Å². The third kappa shape index (κ3) is 5.05. The number of H-pyrrole nitrogens is 1. The molecule has 0 saturated carbocycles. The number of halogens is 2. The average molecular weight is 598 g/mol. The SMILES string of the molecule is CCOC(=O)C1(Sc2ccc(C)cc2)CC(=O)N(Cc2ccc(Br)cc2)C1c1c[nH]c2cc(Cl)ccc12. The number of hydrogen-bond acceptors (Lipinski definition) is 4. The van der Waals surface area contributed by atoms with E-state index in [9.17, 15) is 9.59 Å². The summed E-state index contributed by atoms with van der Waals surface area (Å²) in [7, 11) is 0. The maximum absolute atomic E-state index is 13.9. The molecule has 0 aliphatic carbocycles. The standard InChI is InChI=1S/C29H26BrClN2O3S/c1-3-36-28(35)29(37-22-11-4-18(2)5-12-22)15-26(34)33(17-19-6-8-20(30)9-7-19)27(29)24-16-32-25-14-21(31)10-13-23(24)25/h4-14,16,27,32H,3,15,17H2,1-2H3. The van der Waals surface area contributed by atoms with Gasteiger partial charge in [-0.3, -0.25) is 9.59 Å². The molecule has 1 amide bonds. The molecule has 37 heavy (non-hydrogen) atoms. The van der Waals surface area contributed by atoms with Crippen molar-refractivity contribution in [3.8, 4) is 0 Å². The normalized spacial score (nSPS) is 19.5. The lowest BCUT2D eigenvalue weighted by Crippen LogP contribution is -2.43. The van der Waals surface area contributed by atoms with E-state index in [2.05, 4.69) is 20.9 Å². The molecule has 3 aromatic carbocycles. The predicted octanol–water partition coefficient (Wildman–Crippen LogP) is 7.46. The van der Waals surface area contributed by atoms with Gasteiger partial charge < -0.3 is 14.6 Å². The third-order valence-corrected chi connectivity index (χ3v) is 8.84. The van der Waals surface area contributed by atoms with Gasteiger partial charge in [-0.2, -0.15) is 0 Å². The highest BCUT2D eigenvalue weighted by Crippen LogP contribution is 2.54. The van der Waals surface area contributed by atoms with E-state index in [4.69, 9.17) is 16.3 Å². The zero-order valence-corrected chi connectivity index (χ0v) is 23.6. The summed E-state index contributed by atoms with van der Waals surface area (Å²) in [5, 5.41) is 1.53. The van der Waals surface area contributed by atoms with E-state index in [-0.39, 0.29) is 24.9 Å². The Bertz CT molecular complexity index is 1450. The molecule has 2 heterocycles. The smallest absolute Gasteiger partial charge is 0.325 e. The Kier molecular flexibility index (Phi) is 7.39. The molecule has 8 heteroatoms. The van der Waals surface area contributed by atoms with Crippen molar-refractivity contribution in [3.63, 3.8) is 0 Å². The molecule has 190 valence electrons. The van der Waals surface area contributed by atoms with Crippen LogP contribution in [-0.4, -0.2) is 33.1 Å². The van der Waals surface area contributed by atoms with Crippen LogP contribution in [0.15, 0.2) is 82.3 Å². The Balaban J connectivity index is 1.68. The fourth-order valence-corrected chi connectivity index (χ4v) is 6.77. The van der Waals surface area contributed by atoms with E-state index in [0.29, 0.717) is 11.6 Å². The highest BCUT2D eigenvalue weighted by atomic mass is 79.9. The van der Waals surface area contributed by atoms with E-state index in [1.165, 1.54) is 11.8 Å². The van der Waals surface area contributed by atoms with Crippen molar-refractivity contribution < 1.29 is 14.3 Å². The van der Waals surface area contributed by atoms with Crippen molar-refractivity contribution in [1.29, 1.82) is 0 Å². The molecule has 2 unspecified atom stereocenters. The molecular formula is C29H26BrClN2O3S. The fraction of sp³-hybridized carbons (Fsp3) is 0.241. The Morgan fingerprint density at radius 2 is 1.89 bits per heavy atom. The lowest BCUT2D eigenvalue weighted by atomic mass is 9.92. The second-order valence-electron chi connectivity index (χ2n) is 9.19. The first kappa shape index (κ1) is 25.9. The minimum Gasteiger partial charge on any atom is -0.465 e. The first-order chi connectivity index (χ1) is 17.8. The highest BCUT2D eigenvalue weighted by molar-refractivity contribution is 9.10. The molecule has 4 aromatic rings. The van der Waals surface area contributed by atoms with Crippen LogP contribution in [0.5, 0.6) is 0 Å². The Morgan fingerprint density at radius 1 is 1.16 bits per heavy atom. The number of amides is 1. The summed E-state index contributed by atoms with van der Waals surface area (Å²) in [5.41, 5.74) is 3.81. The van der Waals surface area contributed by atoms with Crippen LogP contribution in [0.4, 0.5) is 0 Å². The Hall–Kier alpha value is -2.74. The average Bonchev–Trinajstić information content (AvgIpc) is 3.40. The Morgan fingerprint density at radius 3 is 2.59 bits per heavy atom. The first-order valence-corrected chi connectivity index (χ1v) is 14.0. The van der Waals surface area contributed by atoms with Crippen molar-refractivity contribution in [2.45, 2.75) is 42.5 Å². The van der Waals surface area contributed by atoms with Crippen LogP contribution < -0.4 is 0 Å². The van der Waals surface area contributed by atoms with E-state index in [1.54, 1.807) is 6.92 Å². The van der Waals surface area contributed by atoms with Crippen molar-refractivity contribution in [1.82, 2.24) is 9.88 Å². The Labute approximate surface area is 233 Å². The van der Waals surface area contributed by atoms with E-state index >= 15 is 0 Å². The molecule has 5 nitrogen and oxygen atoms in total. The second-order valence-corrected chi connectivity index (χ2v) is 11.9. The molecule has 2 atom stereocenters. The van der Waals surface area contributed by atoms with Gasteiger partial charge in [0.15, 0.2) is 4.75 Å². The number of aromatic amines is 1. The minimum absolute atomic E-state index is 0.0336. The molecule has 1 aromatic heterocycles. The second kappa shape index (κ2) is 10.6. The van der Waals surface area contributed by atoms with Crippen LogP contribution in [0.3, 0.4) is 0 Å². The number of benzene rings is 3. The molecule has 0 spiro atoms. The van der Waals surface area contributed by atoms with Crippen LogP contribution >= 0.6 is 39.3 Å². The number of likely N-dealkylation sites (tertiary alicyclic amines) is 1. The molecule has 5 rings (SSSR count). The molecule has 1 saturated heterocycles. The summed E-state index contributed by atoms with van der Waals surface area (Å²) in [6.45, 7) is 4.41. The summed E-state index contributed by atoms with van der Waals surface area (Å²) in [4.78, 5) is 33.7. The quantitative estimate of drug-likeness (QED) is 0.225. The van der Waals surface area contributed by atoms with Gasteiger partial charge in [0.1, 0.15) is 0 Å². The topological polar surface area (TPSA) is 62.4 Å². The van der Waals surface area contributed by atoms with Gasteiger partial charge in [0.05, 0.1) is 19.1 Å². The third-order valence-electron chi connectivity index (χ3n) is 6.67. The number of aryl methyl sites for hydroxylation is 1. The monoisotopic (exact) mass is 596 g/mol. The molecule has 1 aliphatic heterocycles. The van der Waals surface area contributed by atoms with Crippen molar-refractivity contribution in [3.05, 3.63) is 99.1 Å². The molecule has 1 aliphatic rings. The van der Waals surface area contributed by atoms with Gasteiger partial charge >= 0.3 is 5.97 Å². The van der Waals surface area contributed by atoms with Gasteiger partial charge in [-0.1, -0.05) is 63.4 Å². The molecule has 1 fully saturated rings. The number of fused-ring (bicyclic) bond motifs is 1. The van der Waals surface area contributed by atoms with Crippen LogP contribution in [-0.2, 0) is 20.9 Å². The number of nitrogens with one attached hydrogen (secondary N) is 1. The number of aromatic nitrogens is 1. The summed E-state index contributed by atoms with van der Waals surface area (Å²) in [5.74, 6) is -0.482. The zero-order chi connectivity index (χ0) is 26.2. The van der Waals surface area contributed by atoms with Crippen LogP contribution in [0, 0.1) is 6.92 Å². The van der Waals surface area contributed by atoms with Gasteiger partial charge in [0.25, 0.3) is 0 Å². The van der Waals surface area contributed by atoms with Crippen LogP contribution in [0.2, 0.25) is 5.02 Å². The van der Waals surface area contributed by atoms with E-state index in [0.717, 1.165) is 37.0 Å². The van der Waals surface area contributed by atoms with Gasteiger partial charge in [0.2, 0.25) is 5.91 Å². The maximum atomic E-state index is 13.9. The van der Waals surface area contributed by atoms with Crippen molar-refractivity contribution in [2.75, 3.05) is 6.61 Å². The molecular weight excluding hydrogens is 572 g/mol. The molecule has 1 N–H and O–H groups in total. The molecule has 0 radical (unpaired) electrons. The number of hydrogen-bond donors (Lipinski definition) is 1. The highest BCUT2D eigenvalue weighted by Gasteiger charge is 2.59. The van der Waals surface area contributed by atoms with Crippen LogP contribution in [0.1, 0.15) is 36.1 Å². The van der Waals surface area contributed by atoms with Gasteiger partial charge in [-0.25, -0.2) is 0 Å². The predicted molar refractivity (Wildman–Crippen MR) is 152 cm³/mol. The fourth-order valence-electron chi connectivity index (χ4n) is 4.94. The zero-order valence-electron chi connectivity index (χ0n) is 20.5. The number of carbonyl (C=O) groups is 2. The summed E-state index contributed by atoms with van der Waals surface area (Å²) >= 11 is 11.2. The lowest BCUT2D eigenvalue weighted by molar-refractivity contribution is -0.147. The lowest BCUT2D eigenvalue weighted by Gasteiger charge is -2.35. The first-order valence-electron chi connectivity index (χ1n) is 12.0. The largest absolute Gasteiger partial charge is 0.465 e. The summed E-state index contributed by atoms with van der Waals surface area (Å²) in [6, 6.07) is 21.0. The minimum atomic E-state index is -1.17. The van der Waals surface area contributed by atoms with Crippen molar-refractivity contribution in [2.24, 2.45) is 0 Å². The van der Waals surface area contributed by atoms with E-state index in [1.807, 2.05) is 84.8 Å². The number of carbonyl (C=O) groups excluding carboxylic acids is 2. The number of rotatable bonds is 7. The summed E-state index contributed by atoms with van der Waals surface area (Å²) < 4.78 is 5.46. The van der Waals surface area contributed by atoms with Gasteiger partial charge in [-0.05, 0) is 55.8 Å². The van der Waals surface area contributed by atoms with Gasteiger partial charge in [-0.15, -0.1) is 11.8 Å². The van der Waals surface area contributed by atoms with Crippen LogP contribution in [0.25, 0.3) is 10.9 Å². The number of esters is 1.